The second kappa shape index (κ2) is 12.8. The lowest BCUT2D eigenvalue weighted by atomic mass is 9.97. The summed E-state index contributed by atoms with van der Waals surface area (Å²) < 4.78 is 27.2. The lowest BCUT2D eigenvalue weighted by Gasteiger charge is -2.35. The predicted octanol–water partition coefficient (Wildman–Crippen LogP) is 4.53. The fourth-order valence-corrected chi connectivity index (χ4v) is 4.46. The highest BCUT2D eigenvalue weighted by Crippen LogP contribution is 2.42. The zero-order chi connectivity index (χ0) is 30.4. The molecule has 0 bridgehead atoms. The minimum atomic E-state index is -1.20. The largest absolute Gasteiger partial charge is 0.493 e. The van der Waals surface area contributed by atoms with Crippen LogP contribution in [-0.4, -0.2) is 49.4 Å². The summed E-state index contributed by atoms with van der Waals surface area (Å²) in [6, 6.07) is 10.5. The molecule has 0 fully saturated rings. The summed E-state index contributed by atoms with van der Waals surface area (Å²) >= 11 is 0. The molecule has 1 atom stereocenters. The van der Waals surface area contributed by atoms with E-state index in [4.69, 9.17) is 23.5 Å². The molecule has 1 aromatic heterocycles. The number of hydrogen-bond donors (Lipinski definition) is 2. The maximum atomic E-state index is 14.2. The van der Waals surface area contributed by atoms with Gasteiger partial charge in [-0.3, -0.25) is 19.3 Å². The number of para-hydroxylation sites is 1. The van der Waals surface area contributed by atoms with E-state index in [1.807, 2.05) is 20.8 Å². The van der Waals surface area contributed by atoms with Gasteiger partial charge in [-0.2, -0.15) is 0 Å². The molecule has 0 saturated heterocycles. The third-order valence-corrected chi connectivity index (χ3v) is 6.94. The molecule has 0 aliphatic carbocycles. The number of ether oxygens (including phenoxy) is 4. The minimum Gasteiger partial charge on any atom is -0.493 e. The number of carbonyl (C=O) groups excluding carboxylic acids is 3. The second-order valence-corrected chi connectivity index (χ2v) is 10.4. The van der Waals surface area contributed by atoms with Crippen molar-refractivity contribution in [3.8, 4) is 23.0 Å². The summed E-state index contributed by atoms with van der Waals surface area (Å²) in [5.41, 5.74) is 0.187. The molecule has 0 saturated carbocycles. The van der Waals surface area contributed by atoms with Crippen molar-refractivity contribution in [1.82, 2.24) is 10.5 Å². The Bertz CT molecular complexity index is 1450. The molecule has 224 valence electrons. The van der Waals surface area contributed by atoms with Gasteiger partial charge in [0.2, 0.25) is 24.5 Å². The van der Waals surface area contributed by atoms with E-state index in [-0.39, 0.29) is 25.5 Å². The van der Waals surface area contributed by atoms with Gasteiger partial charge in [0, 0.05) is 41.8 Å². The molecule has 12 nitrogen and oxygen atoms in total. The molecule has 1 aliphatic rings. The van der Waals surface area contributed by atoms with Gasteiger partial charge in [-0.15, -0.1) is 0 Å². The number of nitrogens with zero attached hydrogens (tertiary/aromatic N) is 2. The van der Waals surface area contributed by atoms with Crippen molar-refractivity contribution in [2.75, 3.05) is 31.2 Å². The van der Waals surface area contributed by atoms with Crippen molar-refractivity contribution in [2.24, 2.45) is 0 Å². The Morgan fingerprint density at radius 2 is 1.81 bits per heavy atom. The average molecular weight is 581 g/mol. The monoisotopic (exact) mass is 580 g/mol. The van der Waals surface area contributed by atoms with Gasteiger partial charge in [-0.05, 0) is 45.4 Å². The quantitative estimate of drug-likeness (QED) is 0.316. The maximum Gasteiger partial charge on any atom is 0.248 e. The zero-order valence-electron chi connectivity index (χ0n) is 24.6. The Morgan fingerprint density at radius 3 is 2.48 bits per heavy atom. The van der Waals surface area contributed by atoms with Crippen molar-refractivity contribution in [3.05, 3.63) is 53.8 Å². The summed E-state index contributed by atoms with van der Waals surface area (Å²) in [6.45, 7) is 7.48. The number of amides is 3. The lowest BCUT2D eigenvalue weighted by molar-refractivity contribution is -0.128. The predicted molar refractivity (Wildman–Crippen MR) is 154 cm³/mol. The van der Waals surface area contributed by atoms with Crippen LogP contribution in [0.15, 0.2) is 47.0 Å². The van der Waals surface area contributed by atoms with Gasteiger partial charge in [-0.1, -0.05) is 24.2 Å². The SMILES string of the molecule is CCC(C)(C)NC(=O)[C@H](c1cccc(OC)c1OC)N(C(=O)CCC(=O)Nc1cc(C)on1)c1ccc2c(c1)OCO2. The highest BCUT2D eigenvalue weighted by molar-refractivity contribution is 6.03. The van der Waals surface area contributed by atoms with E-state index in [9.17, 15) is 14.4 Å². The summed E-state index contributed by atoms with van der Waals surface area (Å²) in [4.78, 5) is 42.3. The van der Waals surface area contributed by atoms with Crippen LogP contribution in [0.1, 0.15) is 57.4 Å². The first-order valence-corrected chi connectivity index (χ1v) is 13.5. The topological polar surface area (TPSA) is 141 Å². The van der Waals surface area contributed by atoms with Crippen LogP contribution in [0.3, 0.4) is 0 Å². The van der Waals surface area contributed by atoms with Gasteiger partial charge in [0.25, 0.3) is 0 Å². The van der Waals surface area contributed by atoms with Crippen LogP contribution in [0.4, 0.5) is 11.5 Å². The number of fused-ring (bicyclic) bond motifs is 1. The Labute approximate surface area is 244 Å². The number of aromatic nitrogens is 1. The van der Waals surface area contributed by atoms with Crippen molar-refractivity contribution in [1.29, 1.82) is 0 Å². The van der Waals surface area contributed by atoms with Crippen molar-refractivity contribution in [3.63, 3.8) is 0 Å². The number of methoxy groups -OCH3 is 2. The van der Waals surface area contributed by atoms with Crippen LogP contribution in [0, 0.1) is 6.92 Å². The van der Waals surface area contributed by atoms with Gasteiger partial charge in [0.1, 0.15) is 11.8 Å². The standard InChI is InChI=1S/C30H36N4O8/c1-7-30(3,4)32-29(37)27(20-9-8-10-22(38-5)28(20)39-6)34(19-11-12-21-23(16-19)41-17-40-21)26(36)14-13-25(35)31-24-15-18(2)42-33-24/h8-12,15-16,27H,7,13-14,17H2,1-6H3,(H,32,37)(H,31,33,35)/t27-/m0/s1. The third-order valence-electron chi connectivity index (χ3n) is 6.94. The first kappa shape index (κ1) is 30.2. The smallest absolute Gasteiger partial charge is 0.248 e. The Hall–Kier alpha value is -4.74. The molecular weight excluding hydrogens is 544 g/mol. The Kier molecular flexibility index (Phi) is 9.24. The van der Waals surface area contributed by atoms with E-state index in [1.54, 1.807) is 49.4 Å². The molecule has 3 amide bonds. The number of aryl methyl sites for hydroxylation is 1. The first-order valence-electron chi connectivity index (χ1n) is 13.5. The van der Waals surface area contributed by atoms with Gasteiger partial charge < -0.3 is 34.1 Å². The molecule has 3 aromatic rings. The van der Waals surface area contributed by atoms with Crippen molar-refractivity contribution in [2.45, 2.75) is 58.5 Å². The molecule has 12 heteroatoms. The molecule has 0 radical (unpaired) electrons. The van der Waals surface area contributed by atoms with E-state index < -0.39 is 29.3 Å². The average Bonchev–Trinajstić information content (AvgIpc) is 3.61. The van der Waals surface area contributed by atoms with Gasteiger partial charge in [0.15, 0.2) is 28.8 Å². The molecular formula is C30H36N4O8. The molecule has 4 rings (SSSR count). The van der Waals surface area contributed by atoms with E-state index in [0.717, 1.165) is 0 Å². The van der Waals surface area contributed by atoms with Gasteiger partial charge in [-0.25, -0.2) is 0 Å². The number of benzene rings is 2. The Balaban J connectivity index is 1.77. The van der Waals surface area contributed by atoms with Crippen LogP contribution in [0.25, 0.3) is 0 Å². The number of carbonyl (C=O) groups is 3. The molecule has 2 heterocycles. The lowest BCUT2D eigenvalue weighted by Crippen LogP contribution is -2.50. The molecule has 2 N–H and O–H groups in total. The van der Waals surface area contributed by atoms with E-state index in [1.165, 1.54) is 19.1 Å². The van der Waals surface area contributed by atoms with Crippen LogP contribution < -0.4 is 34.5 Å². The van der Waals surface area contributed by atoms with E-state index >= 15 is 0 Å². The molecule has 0 spiro atoms. The Morgan fingerprint density at radius 1 is 1.05 bits per heavy atom. The number of nitrogens with one attached hydrogen (secondary N) is 2. The normalized spacial score (nSPS) is 12.8. The highest BCUT2D eigenvalue weighted by atomic mass is 16.7. The number of rotatable bonds is 12. The minimum absolute atomic E-state index is 0.0345. The second-order valence-electron chi connectivity index (χ2n) is 10.4. The first-order chi connectivity index (χ1) is 20.1. The summed E-state index contributed by atoms with van der Waals surface area (Å²) in [6.07, 6.45) is 0.251. The van der Waals surface area contributed by atoms with Crippen LogP contribution in [0.5, 0.6) is 23.0 Å². The molecule has 0 unspecified atom stereocenters. The van der Waals surface area contributed by atoms with Crippen molar-refractivity contribution >= 4 is 29.2 Å². The fourth-order valence-electron chi connectivity index (χ4n) is 4.46. The molecule has 1 aliphatic heterocycles. The zero-order valence-corrected chi connectivity index (χ0v) is 24.6. The maximum absolute atomic E-state index is 14.2. The van der Waals surface area contributed by atoms with E-state index in [2.05, 4.69) is 15.8 Å². The van der Waals surface area contributed by atoms with Crippen molar-refractivity contribution < 1.29 is 37.9 Å². The summed E-state index contributed by atoms with van der Waals surface area (Å²) in [5, 5.41) is 9.45. The summed E-state index contributed by atoms with van der Waals surface area (Å²) in [7, 11) is 2.96. The third kappa shape index (κ3) is 6.76. The van der Waals surface area contributed by atoms with Crippen LogP contribution in [0.2, 0.25) is 0 Å². The molecule has 2 aromatic carbocycles. The summed E-state index contributed by atoms with van der Waals surface area (Å²) in [5.74, 6) is 1.05. The molecule has 42 heavy (non-hydrogen) atoms. The van der Waals surface area contributed by atoms with E-state index in [0.29, 0.717) is 46.4 Å². The number of anilines is 2. The number of hydrogen-bond acceptors (Lipinski definition) is 9. The van der Waals surface area contributed by atoms with Gasteiger partial charge >= 0.3 is 0 Å². The highest BCUT2D eigenvalue weighted by Gasteiger charge is 2.38. The van der Waals surface area contributed by atoms with Crippen LogP contribution in [-0.2, 0) is 14.4 Å². The van der Waals surface area contributed by atoms with Crippen LogP contribution >= 0.6 is 0 Å². The van der Waals surface area contributed by atoms with Gasteiger partial charge in [0.05, 0.1) is 14.2 Å². The fraction of sp³-hybridized carbons (Fsp3) is 0.400.